The van der Waals surface area contributed by atoms with Crippen molar-refractivity contribution in [1.29, 1.82) is 0 Å². The molecule has 0 aromatic heterocycles. The third-order valence-electron chi connectivity index (χ3n) is 1.81. The van der Waals surface area contributed by atoms with Crippen LogP contribution in [0.25, 0.3) is 0 Å². The van der Waals surface area contributed by atoms with Crippen LogP contribution in [0.1, 0.15) is 18.9 Å². The first kappa shape index (κ1) is 8.85. The summed E-state index contributed by atoms with van der Waals surface area (Å²) >= 11 is 0. The van der Waals surface area contributed by atoms with Crippen LogP contribution in [0.3, 0.4) is 0 Å². The van der Waals surface area contributed by atoms with Crippen molar-refractivity contribution in [1.82, 2.24) is 0 Å². The van der Waals surface area contributed by atoms with Gasteiger partial charge in [0, 0.05) is 0 Å². The Morgan fingerprint density at radius 1 is 1.33 bits per heavy atom. The average Bonchev–Trinajstić information content (AvgIpc) is 2.09. The van der Waals surface area contributed by atoms with Crippen LogP contribution in [0.2, 0.25) is 0 Å². The zero-order chi connectivity index (χ0) is 8.81. The summed E-state index contributed by atoms with van der Waals surface area (Å²) in [4.78, 5) is 0. The van der Waals surface area contributed by atoms with E-state index >= 15 is 0 Å². The average molecular weight is 162 g/mol. The van der Waals surface area contributed by atoms with Crippen LogP contribution in [-0.4, -0.2) is 5.11 Å². The van der Waals surface area contributed by atoms with E-state index in [-0.39, 0.29) is 0 Å². The van der Waals surface area contributed by atoms with Crippen molar-refractivity contribution >= 4 is 0 Å². The van der Waals surface area contributed by atoms with Gasteiger partial charge in [-0.1, -0.05) is 30.4 Å². The first-order chi connectivity index (χ1) is 5.84. The fraction of sp³-hybridized carbons (Fsp3) is 0.273. The van der Waals surface area contributed by atoms with Crippen LogP contribution in [0, 0.1) is 0 Å². The molecule has 0 fully saturated rings. The molecule has 0 atom stereocenters. The molecule has 0 saturated carbocycles. The van der Waals surface area contributed by atoms with Crippen molar-refractivity contribution < 1.29 is 5.11 Å². The van der Waals surface area contributed by atoms with Crippen LogP contribution in [0.15, 0.2) is 36.4 Å². The van der Waals surface area contributed by atoms with E-state index in [9.17, 15) is 5.11 Å². The second-order valence-corrected chi connectivity index (χ2v) is 2.74. The molecule has 0 radical (unpaired) electrons. The lowest BCUT2D eigenvalue weighted by Gasteiger charge is -2.00. The number of allylic oxidation sites excluding steroid dienone is 2. The standard InChI is InChI=1S/C11H14O/c1-2-3-4-7-10-8-5-6-9-11(10)12/h2-3,5-6,8-9,12H,4,7H2,1H3/b3-2-. The number of hydrogen-bond acceptors (Lipinski definition) is 1. The van der Waals surface area contributed by atoms with Crippen LogP contribution in [0.4, 0.5) is 0 Å². The third kappa shape index (κ3) is 2.42. The van der Waals surface area contributed by atoms with Gasteiger partial charge in [-0.2, -0.15) is 0 Å². The van der Waals surface area contributed by atoms with Gasteiger partial charge in [0.25, 0.3) is 0 Å². The van der Waals surface area contributed by atoms with E-state index in [0.29, 0.717) is 5.75 Å². The number of hydrogen-bond donors (Lipinski definition) is 1. The van der Waals surface area contributed by atoms with E-state index in [4.69, 9.17) is 0 Å². The fourth-order valence-corrected chi connectivity index (χ4v) is 1.13. The summed E-state index contributed by atoms with van der Waals surface area (Å²) in [6.45, 7) is 2.00. The maximum atomic E-state index is 9.39. The van der Waals surface area contributed by atoms with Crippen molar-refractivity contribution in [2.45, 2.75) is 19.8 Å². The summed E-state index contributed by atoms with van der Waals surface area (Å²) in [5.74, 6) is 0.405. The van der Waals surface area contributed by atoms with Crippen LogP contribution >= 0.6 is 0 Å². The molecule has 0 spiro atoms. The van der Waals surface area contributed by atoms with Gasteiger partial charge in [-0.05, 0) is 31.4 Å². The molecule has 64 valence electrons. The quantitative estimate of drug-likeness (QED) is 0.677. The molecule has 1 aromatic rings. The minimum absolute atomic E-state index is 0.405. The van der Waals surface area contributed by atoms with Gasteiger partial charge in [0.05, 0.1) is 0 Å². The van der Waals surface area contributed by atoms with E-state index in [1.165, 1.54) is 0 Å². The molecule has 0 aliphatic carbocycles. The van der Waals surface area contributed by atoms with Crippen molar-refractivity contribution in [3.05, 3.63) is 42.0 Å². The third-order valence-corrected chi connectivity index (χ3v) is 1.81. The fourth-order valence-electron chi connectivity index (χ4n) is 1.13. The first-order valence-electron chi connectivity index (χ1n) is 4.22. The zero-order valence-corrected chi connectivity index (χ0v) is 7.33. The van der Waals surface area contributed by atoms with Gasteiger partial charge in [0.2, 0.25) is 0 Å². The summed E-state index contributed by atoms with van der Waals surface area (Å²) < 4.78 is 0. The van der Waals surface area contributed by atoms with E-state index in [2.05, 4.69) is 6.08 Å². The predicted molar refractivity (Wildman–Crippen MR) is 51.2 cm³/mol. The molecule has 0 saturated heterocycles. The second-order valence-electron chi connectivity index (χ2n) is 2.74. The molecule has 0 aliphatic rings. The molecular weight excluding hydrogens is 148 g/mol. The number of aryl methyl sites for hydroxylation is 1. The molecule has 0 heterocycles. The Hall–Kier alpha value is -1.24. The van der Waals surface area contributed by atoms with Crippen molar-refractivity contribution in [2.24, 2.45) is 0 Å². The lowest BCUT2D eigenvalue weighted by Crippen LogP contribution is -1.83. The molecule has 0 unspecified atom stereocenters. The lowest BCUT2D eigenvalue weighted by molar-refractivity contribution is 0.468. The molecule has 12 heavy (non-hydrogen) atoms. The van der Waals surface area contributed by atoms with E-state index in [1.807, 2.05) is 31.2 Å². The number of phenolic OH excluding ortho intramolecular Hbond substituents is 1. The maximum Gasteiger partial charge on any atom is 0.118 e. The van der Waals surface area contributed by atoms with Crippen LogP contribution < -0.4 is 0 Å². The highest BCUT2D eigenvalue weighted by Crippen LogP contribution is 2.17. The van der Waals surface area contributed by atoms with Crippen molar-refractivity contribution in [3.8, 4) is 5.75 Å². The van der Waals surface area contributed by atoms with Crippen molar-refractivity contribution in [2.75, 3.05) is 0 Å². The minimum Gasteiger partial charge on any atom is -0.508 e. The first-order valence-corrected chi connectivity index (χ1v) is 4.22. The summed E-state index contributed by atoms with van der Waals surface area (Å²) in [5.41, 5.74) is 1.02. The van der Waals surface area contributed by atoms with Gasteiger partial charge in [-0.3, -0.25) is 0 Å². The molecule has 0 aliphatic heterocycles. The lowest BCUT2D eigenvalue weighted by atomic mass is 10.1. The summed E-state index contributed by atoms with van der Waals surface area (Å²) in [6, 6.07) is 7.48. The molecule has 1 nitrogen and oxygen atoms in total. The zero-order valence-electron chi connectivity index (χ0n) is 7.33. The van der Waals surface area contributed by atoms with E-state index in [1.54, 1.807) is 6.07 Å². The van der Waals surface area contributed by atoms with Gasteiger partial charge in [-0.15, -0.1) is 0 Å². The summed E-state index contributed by atoms with van der Waals surface area (Å²) in [7, 11) is 0. The Morgan fingerprint density at radius 2 is 2.08 bits per heavy atom. The number of aromatic hydroxyl groups is 1. The van der Waals surface area contributed by atoms with Gasteiger partial charge in [-0.25, -0.2) is 0 Å². The highest BCUT2D eigenvalue weighted by molar-refractivity contribution is 5.31. The van der Waals surface area contributed by atoms with Gasteiger partial charge < -0.3 is 5.11 Å². The number of para-hydroxylation sites is 1. The number of rotatable bonds is 3. The van der Waals surface area contributed by atoms with Crippen LogP contribution in [-0.2, 0) is 6.42 Å². The van der Waals surface area contributed by atoms with Crippen molar-refractivity contribution in [3.63, 3.8) is 0 Å². The normalized spacial score (nSPS) is 10.8. The molecule has 0 amide bonds. The number of phenols is 1. The molecule has 1 aromatic carbocycles. The molecule has 0 bridgehead atoms. The van der Waals surface area contributed by atoms with Crippen LogP contribution in [0.5, 0.6) is 5.75 Å². The highest BCUT2D eigenvalue weighted by atomic mass is 16.3. The molecule has 1 heteroatoms. The Labute approximate surface area is 73.4 Å². The molecule has 1 rings (SSSR count). The van der Waals surface area contributed by atoms with Gasteiger partial charge >= 0.3 is 0 Å². The number of benzene rings is 1. The predicted octanol–water partition coefficient (Wildman–Crippen LogP) is 2.90. The molecule has 1 N–H and O–H groups in total. The topological polar surface area (TPSA) is 20.2 Å². The smallest absolute Gasteiger partial charge is 0.118 e. The van der Waals surface area contributed by atoms with Gasteiger partial charge in [0.15, 0.2) is 0 Å². The summed E-state index contributed by atoms with van der Waals surface area (Å²) in [6.07, 6.45) is 6.04. The minimum atomic E-state index is 0.405. The SMILES string of the molecule is C/C=C\CCc1ccccc1O. The second kappa shape index (κ2) is 4.60. The Kier molecular flexibility index (Phi) is 3.39. The van der Waals surface area contributed by atoms with E-state index < -0.39 is 0 Å². The Morgan fingerprint density at radius 3 is 2.75 bits per heavy atom. The largest absolute Gasteiger partial charge is 0.508 e. The van der Waals surface area contributed by atoms with E-state index in [0.717, 1.165) is 18.4 Å². The summed E-state index contributed by atoms with van der Waals surface area (Å²) in [5, 5.41) is 9.39. The monoisotopic (exact) mass is 162 g/mol. The Balaban J connectivity index is 2.57. The van der Waals surface area contributed by atoms with Gasteiger partial charge in [0.1, 0.15) is 5.75 Å². The Bertz CT molecular complexity index is 263. The highest BCUT2D eigenvalue weighted by Gasteiger charge is 1.96. The maximum absolute atomic E-state index is 9.39. The molecular formula is C11H14O.